The third-order valence-electron chi connectivity index (χ3n) is 3.80. The Morgan fingerprint density at radius 1 is 1.36 bits per heavy atom. The van der Waals surface area contributed by atoms with Gasteiger partial charge in [0.25, 0.3) is 0 Å². The van der Waals surface area contributed by atoms with Gasteiger partial charge in [-0.05, 0) is 32.9 Å². The Kier molecular flexibility index (Phi) is 3.42. The van der Waals surface area contributed by atoms with Gasteiger partial charge in [0.15, 0.2) is 5.58 Å². The maximum absolute atomic E-state index is 12.9. The Bertz CT molecular complexity index is 865. The largest absolute Gasteiger partial charge is 0.417 e. The zero-order valence-electron chi connectivity index (χ0n) is 12.6. The third-order valence-corrected chi connectivity index (χ3v) is 5.87. The van der Waals surface area contributed by atoms with E-state index in [0.29, 0.717) is 12.1 Å². The maximum atomic E-state index is 12.9. The molecule has 0 radical (unpaired) electrons. The van der Waals surface area contributed by atoms with Crippen LogP contribution in [-0.4, -0.2) is 42.5 Å². The van der Waals surface area contributed by atoms with E-state index in [1.807, 2.05) is 20.8 Å². The molecule has 3 rings (SSSR count). The monoisotopic (exact) mass is 326 g/mol. The SMILES string of the molecule is CC1CN(S(=O)(=O)c2ccc3[nH]c(=O)oc3c2)C(C)(C)CO1. The van der Waals surface area contributed by atoms with Gasteiger partial charge >= 0.3 is 5.76 Å². The molecule has 8 heteroatoms. The number of benzene rings is 1. The Morgan fingerprint density at radius 2 is 2.09 bits per heavy atom. The number of nitrogens with zero attached hydrogens (tertiary/aromatic N) is 1. The van der Waals surface area contributed by atoms with Gasteiger partial charge < -0.3 is 9.15 Å². The van der Waals surface area contributed by atoms with Gasteiger partial charge in [-0.3, -0.25) is 4.98 Å². The number of fused-ring (bicyclic) bond motifs is 1. The highest BCUT2D eigenvalue weighted by molar-refractivity contribution is 7.89. The maximum Gasteiger partial charge on any atom is 0.417 e. The second-order valence-electron chi connectivity index (χ2n) is 6.14. The van der Waals surface area contributed by atoms with Crippen molar-refractivity contribution in [1.82, 2.24) is 9.29 Å². The molecule has 22 heavy (non-hydrogen) atoms. The van der Waals surface area contributed by atoms with E-state index in [-0.39, 0.29) is 23.1 Å². The number of ether oxygens (including phenoxy) is 1. The molecule has 2 aromatic rings. The summed E-state index contributed by atoms with van der Waals surface area (Å²) in [5, 5.41) is 0. The van der Waals surface area contributed by atoms with Crippen LogP contribution in [0.1, 0.15) is 20.8 Å². The van der Waals surface area contributed by atoms with Gasteiger partial charge in [0.2, 0.25) is 10.0 Å². The fourth-order valence-electron chi connectivity index (χ4n) is 2.59. The molecule has 1 unspecified atom stereocenters. The van der Waals surface area contributed by atoms with Gasteiger partial charge in [-0.25, -0.2) is 13.2 Å². The second-order valence-corrected chi connectivity index (χ2v) is 8.00. The topological polar surface area (TPSA) is 92.6 Å². The van der Waals surface area contributed by atoms with E-state index in [0.717, 1.165) is 0 Å². The third kappa shape index (κ3) is 2.47. The number of oxazole rings is 1. The summed E-state index contributed by atoms with van der Waals surface area (Å²) in [4.78, 5) is 13.8. The summed E-state index contributed by atoms with van der Waals surface area (Å²) in [6.45, 7) is 6.10. The Labute approximate surface area is 127 Å². The summed E-state index contributed by atoms with van der Waals surface area (Å²) in [6, 6.07) is 4.38. The number of nitrogens with one attached hydrogen (secondary N) is 1. The van der Waals surface area contributed by atoms with E-state index < -0.39 is 21.3 Å². The zero-order valence-corrected chi connectivity index (χ0v) is 13.4. The van der Waals surface area contributed by atoms with Crippen LogP contribution in [0.2, 0.25) is 0 Å². The van der Waals surface area contributed by atoms with E-state index in [2.05, 4.69) is 4.98 Å². The van der Waals surface area contributed by atoms with Gasteiger partial charge in [-0.2, -0.15) is 4.31 Å². The minimum Gasteiger partial charge on any atom is -0.408 e. The lowest BCUT2D eigenvalue weighted by molar-refractivity contribution is -0.0551. The van der Waals surface area contributed by atoms with Crippen molar-refractivity contribution in [3.63, 3.8) is 0 Å². The van der Waals surface area contributed by atoms with E-state index >= 15 is 0 Å². The van der Waals surface area contributed by atoms with Crippen molar-refractivity contribution < 1.29 is 17.6 Å². The molecule has 7 nitrogen and oxygen atoms in total. The summed E-state index contributed by atoms with van der Waals surface area (Å²) in [6.07, 6.45) is -0.170. The molecular weight excluding hydrogens is 308 g/mol. The van der Waals surface area contributed by atoms with E-state index in [4.69, 9.17) is 9.15 Å². The Morgan fingerprint density at radius 3 is 2.82 bits per heavy atom. The summed E-state index contributed by atoms with van der Waals surface area (Å²) < 4.78 is 37.8. The van der Waals surface area contributed by atoms with Gasteiger partial charge in [0.05, 0.1) is 28.7 Å². The molecule has 0 aliphatic carbocycles. The van der Waals surface area contributed by atoms with Crippen molar-refractivity contribution in [2.45, 2.75) is 37.3 Å². The van der Waals surface area contributed by atoms with Crippen LogP contribution >= 0.6 is 0 Å². The smallest absolute Gasteiger partial charge is 0.408 e. The molecule has 1 atom stereocenters. The normalized spacial score (nSPS) is 23.0. The van der Waals surface area contributed by atoms with Crippen LogP contribution in [0.4, 0.5) is 0 Å². The van der Waals surface area contributed by atoms with Crippen molar-refractivity contribution in [3.05, 3.63) is 28.7 Å². The summed E-state index contributed by atoms with van der Waals surface area (Å²) in [7, 11) is -3.71. The van der Waals surface area contributed by atoms with Crippen molar-refractivity contribution in [3.8, 4) is 0 Å². The molecule has 1 aromatic carbocycles. The van der Waals surface area contributed by atoms with Crippen LogP contribution in [0.3, 0.4) is 0 Å². The van der Waals surface area contributed by atoms with E-state index in [1.165, 1.54) is 22.5 Å². The number of hydrogen-bond acceptors (Lipinski definition) is 5. The number of sulfonamides is 1. The van der Waals surface area contributed by atoms with Gasteiger partial charge in [-0.15, -0.1) is 0 Å². The lowest BCUT2D eigenvalue weighted by Gasteiger charge is -2.43. The van der Waals surface area contributed by atoms with Crippen molar-refractivity contribution in [2.75, 3.05) is 13.2 Å². The fourth-order valence-corrected chi connectivity index (χ4v) is 4.45. The predicted molar refractivity (Wildman–Crippen MR) is 80.2 cm³/mol. The Balaban J connectivity index is 2.08. The molecule has 1 aliphatic rings. The first-order chi connectivity index (χ1) is 10.2. The quantitative estimate of drug-likeness (QED) is 0.898. The lowest BCUT2D eigenvalue weighted by atomic mass is 10.1. The highest BCUT2D eigenvalue weighted by atomic mass is 32.2. The van der Waals surface area contributed by atoms with Crippen molar-refractivity contribution in [2.24, 2.45) is 0 Å². The minimum atomic E-state index is -3.71. The molecule has 0 bridgehead atoms. The number of morpholine rings is 1. The van der Waals surface area contributed by atoms with Crippen LogP contribution in [-0.2, 0) is 14.8 Å². The summed E-state index contributed by atoms with van der Waals surface area (Å²) in [5.41, 5.74) is 0.0583. The minimum absolute atomic E-state index is 0.102. The highest BCUT2D eigenvalue weighted by Crippen LogP contribution is 2.30. The molecule has 0 spiro atoms. The molecule has 1 saturated heterocycles. The average molecular weight is 326 g/mol. The molecule has 1 N–H and O–H groups in total. The van der Waals surface area contributed by atoms with Crippen molar-refractivity contribution in [1.29, 1.82) is 0 Å². The predicted octanol–water partition coefficient (Wildman–Crippen LogP) is 1.31. The van der Waals surface area contributed by atoms with Crippen LogP contribution in [0, 0.1) is 0 Å². The molecule has 120 valence electrons. The number of hydrogen-bond donors (Lipinski definition) is 1. The number of rotatable bonds is 2. The van der Waals surface area contributed by atoms with Crippen LogP contribution in [0.25, 0.3) is 11.1 Å². The molecule has 0 saturated carbocycles. The van der Waals surface area contributed by atoms with Gasteiger partial charge in [0.1, 0.15) is 0 Å². The number of aromatic nitrogens is 1. The standard InChI is InChI=1S/C14H18N2O5S/c1-9-7-16(14(2,3)8-20-9)22(18,19)10-4-5-11-12(6-10)21-13(17)15-11/h4-6,9H,7-8H2,1-3H3,(H,15,17). The summed E-state index contributed by atoms with van der Waals surface area (Å²) in [5.74, 6) is -0.607. The average Bonchev–Trinajstić information content (AvgIpc) is 2.80. The first-order valence-electron chi connectivity index (χ1n) is 6.97. The number of H-pyrrole nitrogens is 1. The zero-order chi connectivity index (χ0) is 16.1. The first-order valence-corrected chi connectivity index (χ1v) is 8.41. The first kappa shape index (κ1) is 15.3. The van der Waals surface area contributed by atoms with Crippen LogP contribution in [0.5, 0.6) is 0 Å². The van der Waals surface area contributed by atoms with Crippen molar-refractivity contribution >= 4 is 21.1 Å². The van der Waals surface area contributed by atoms with Crippen LogP contribution < -0.4 is 5.76 Å². The second kappa shape index (κ2) is 4.94. The highest BCUT2D eigenvalue weighted by Gasteiger charge is 2.41. The molecule has 1 aromatic heterocycles. The Hall–Kier alpha value is -1.64. The fraction of sp³-hybridized carbons (Fsp3) is 0.500. The molecule has 1 aliphatic heterocycles. The van der Waals surface area contributed by atoms with Gasteiger partial charge in [0, 0.05) is 12.6 Å². The van der Waals surface area contributed by atoms with E-state index in [1.54, 1.807) is 0 Å². The molecular formula is C14H18N2O5S. The van der Waals surface area contributed by atoms with Gasteiger partial charge in [-0.1, -0.05) is 0 Å². The molecule has 2 heterocycles. The van der Waals surface area contributed by atoms with Crippen LogP contribution in [0.15, 0.2) is 32.3 Å². The molecule has 0 amide bonds. The molecule has 1 fully saturated rings. The summed E-state index contributed by atoms with van der Waals surface area (Å²) >= 11 is 0. The number of aromatic amines is 1. The van der Waals surface area contributed by atoms with E-state index in [9.17, 15) is 13.2 Å². The lowest BCUT2D eigenvalue weighted by Crippen LogP contribution is -2.57.